The van der Waals surface area contributed by atoms with Crippen molar-refractivity contribution in [2.75, 3.05) is 13.2 Å². The maximum Gasteiger partial charge on any atom is 0.354 e. The van der Waals surface area contributed by atoms with Gasteiger partial charge in [-0.25, -0.2) is 9.59 Å². The molecule has 15 heavy (non-hydrogen) atoms. The number of carbonyl (C=O) groups excluding carboxylic acids is 2. The van der Waals surface area contributed by atoms with Gasteiger partial charge in [-0.2, -0.15) is 5.10 Å². The smallest absolute Gasteiger partial charge is 0.354 e. The maximum atomic E-state index is 11.4. The zero-order valence-electron chi connectivity index (χ0n) is 8.41. The number of nitrogens with zero attached hydrogens (tertiary/aromatic N) is 1. The van der Waals surface area contributed by atoms with Gasteiger partial charge >= 0.3 is 11.9 Å². The fourth-order valence-electron chi connectivity index (χ4n) is 1.69. The van der Waals surface area contributed by atoms with E-state index in [2.05, 4.69) is 10.5 Å². The van der Waals surface area contributed by atoms with Crippen LogP contribution in [0.3, 0.4) is 0 Å². The van der Waals surface area contributed by atoms with Gasteiger partial charge in [0.1, 0.15) is 5.71 Å². The fraction of sp³-hybridized carbons (Fsp3) is 0.667. The van der Waals surface area contributed by atoms with E-state index in [1.54, 1.807) is 6.92 Å². The van der Waals surface area contributed by atoms with Crippen LogP contribution in [-0.4, -0.2) is 36.4 Å². The van der Waals surface area contributed by atoms with Crippen molar-refractivity contribution in [1.82, 2.24) is 5.43 Å². The summed E-state index contributed by atoms with van der Waals surface area (Å²) in [5, 5.41) is 3.83. The van der Waals surface area contributed by atoms with Gasteiger partial charge < -0.3 is 9.47 Å². The van der Waals surface area contributed by atoms with Crippen molar-refractivity contribution in [3.8, 4) is 0 Å². The molecule has 0 aromatic rings. The lowest BCUT2D eigenvalue weighted by atomic mass is 9.93. The molecule has 0 radical (unpaired) electrons. The Balaban J connectivity index is 2.04. The zero-order valence-corrected chi connectivity index (χ0v) is 8.41. The van der Waals surface area contributed by atoms with Gasteiger partial charge in [0.25, 0.3) is 0 Å². The first kappa shape index (κ1) is 9.95. The summed E-state index contributed by atoms with van der Waals surface area (Å²) in [4.78, 5) is 22.8. The zero-order chi connectivity index (χ0) is 10.9. The third-order valence-corrected chi connectivity index (χ3v) is 2.54. The van der Waals surface area contributed by atoms with Gasteiger partial charge in [0.05, 0.1) is 13.2 Å². The summed E-state index contributed by atoms with van der Waals surface area (Å²) < 4.78 is 9.65. The molecule has 0 bridgehead atoms. The molecule has 0 amide bonds. The van der Waals surface area contributed by atoms with Gasteiger partial charge in [-0.15, -0.1) is 0 Å². The highest BCUT2D eigenvalue weighted by molar-refractivity contribution is 6.37. The van der Waals surface area contributed by atoms with Crippen LogP contribution in [0.25, 0.3) is 0 Å². The van der Waals surface area contributed by atoms with Crippen molar-refractivity contribution in [1.29, 1.82) is 0 Å². The summed E-state index contributed by atoms with van der Waals surface area (Å²) in [5.41, 5.74) is 2.13. The highest BCUT2D eigenvalue weighted by Crippen LogP contribution is 2.28. The molecule has 1 fully saturated rings. The quantitative estimate of drug-likeness (QED) is 0.629. The molecule has 1 atom stereocenters. The van der Waals surface area contributed by atoms with Crippen LogP contribution in [0.15, 0.2) is 5.10 Å². The Labute approximate surface area is 86.6 Å². The second kappa shape index (κ2) is 3.52. The van der Waals surface area contributed by atoms with Crippen molar-refractivity contribution in [2.45, 2.75) is 25.3 Å². The van der Waals surface area contributed by atoms with Gasteiger partial charge in [-0.3, -0.25) is 5.43 Å². The lowest BCUT2D eigenvalue weighted by molar-refractivity contribution is -0.143. The number of hydrazone groups is 1. The van der Waals surface area contributed by atoms with Crippen molar-refractivity contribution in [3.63, 3.8) is 0 Å². The van der Waals surface area contributed by atoms with E-state index in [1.807, 2.05) is 0 Å². The van der Waals surface area contributed by atoms with Crippen LogP contribution in [0.1, 0.15) is 19.8 Å². The molecule has 1 spiro atoms. The van der Waals surface area contributed by atoms with Gasteiger partial charge in [0, 0.05) is 12.8 Å². The Bertz CT molecular complexity index is 339. The second-order valence-electron chi connectivity index (χ2n) is 3.54. The number of hydrogen-bond donors (Lipinski definition) is 1. The van der Waals surface area contributed by atoms with Crippen LogP contribution in [0.4, 0.5) is 0 Å². The first-order chi connectivity index (χ1) is 7.18. The molecule has 6 heteroatoms. The summed E-state index contributed by atoms with van der Waals surface area (Å²) in [7, 11) is 0. The summed E-state index contributed by atoms with van der Waals surface area (Å²) in [6.07, 6.45) is 0.795. The van der Waals surface area contributed by atoms with Crippen LogP contribution in [0.2, 0.25) is 0 Å². The van der Waals surface area contributed by atoms with Crippen LogP contribution >= 0.6 is 0 Å². The van der Waals surface area contributed by atoms with Gasteiger partial charge in [0.15, 0.2) is 5.54 Å². The van der Waals surface area contributed by atoms with E-state index in [0.717, 1.165) is 0 Å². The van der Waals surface area contributed by atoms with Crippen molar-refractivity contribution in [2.24, 2.45) is 5.10 Å². The minimum atomic E-state index is -0.817. The minimum absolute atomic E-state index is 0.255. The van der Waals surface area contributed by atoms with Crippen LogP contribution < -0.4 is 5.43 Å². The van der Waals surface area contributed by atoms with E-state index < -0.39 is 11.5 Å². The minimum Gasteiger partial charge on any atom is -0.464 e. The number of hydrogen-bond acceptors (Lipinski definition) is 6. The maximum absolute atomic E-state index is 11.4. The summed E-state index contributed by atoms with van der Waals surface area (Å²) in [5.74, 6) is -0.813. The summed E-state index contributed by atoms with van der Waals surface area (Å²) >= 11 is 0. The molecular formula is C9H12N2O4. The molecule has 82 valence electrons. The molecule has 2 heterocycles. The Hall–Kier alpha value is -1.59. The molecule has 0 aliphatic carbocycles. The van der Waals surface area contributed by atoms with Crippen LogP contribution in [0, 0.1) is 0 Å². The molecule has 2 aliphatic rings. The number of esters is 2. The second-order valence-corrected chi connectivity index (χ2v) is 3.54. The lowest BCUT2D eigenvalue weighted by Gasteiger charge is -2.16. The highest BCUT2D eigenvalue weighted by Gasteiger charge is 2.50. The van der Waals surface area contributed by atoms with E-state index in [0.29, 0.717) is 19.6 Å². The molecular weight excluding hydrogens is 200 g/mol. The van der Waals surface area contributed by atoms with Gasteiger partial charge in [-0.05, 0) is 6.92 Å². The largest absolute Gasteiger partial charge is 0.464 e. The van der Waals surface area contributed by atoms with Crippen LogP contribution in [-0.2, 0) is 19.1 Å². The Morgan fingerprint density at radius 1 is 1.73 bits per heavy atom. The topological polar surface area (TPSA) is 77.0 Å². The number of nitrogens with one attached hydrogen (secondary N) is 1. The number of rotatable bonds is 2. The first-order valence-electron chi connectivity index (χ1n) is 4.86. The molecule has 2 aliphatic heterocycles. The van der Waals surface area contributed by atoms with Crippen molar-refractivity contribution in [3.05, 3.63) is 0 Å². The Morgan fingerprint density at radius 3 is 3.13 bits per heavy atom. The van der Waals surface area contributed by atoms with E-state index in [4.69, 9.17) is 9.47 Å². The summed E-state index contributed by atoms with van der Waals surface area (Å²) in [6.45, 7) is 2.40. The van der Waals surface area contributed by atoms with Gasteiger partial charge in [-0.1, -0.05) is 0 Å². The lowest BCUT2D eigenvalue weighted by Crippen LogP contribution is -2.43. The monoisotopic (exact) mass is 212 g/mol. The average Bonchev–Trinajstić information content (AvgIpc) is 2.77. The van der Waals surface area contributed by atoms with E-state index in [1.165, 1.54) is 0 Å². The normalized spacial score (nSPS) is 28.6. The third kappa shape index (κ3) is 1.55. The SMILES string of the molecule is CCOC(=O)C1=NNC2(CCOC2=O)C1. The first-order valence-corrected chi connectivity index (χ1v) is 4.86. The predicted octanol–water partition coefficient (Wildman–Crippen LogP) is -0.415. The Morgan fingerprint density at radius 2 is 2.53 bits per heavy atom. The number of cyclic esters (lactones) is 1. The molecule has 1 N–H and O–H groups in total. The molecule has 6 nitrogen and oxygen atoms in total. The number of carbonyl (C=O) groups is 2. The highest BCUT2D eigenvalue weighted by atomic mass is 16.5. The van der Waals surface area contributed by atoms with Crippen LogP contribution in [0.5, 0.6) is 0 Å². The van der Waals surface area contributed by atoms with E-state index in [-0.39, 0.29) is 18.1 Å². The molecule has 1 unspecified atom stereocenters. The average molecular weight is 212 g/mol. The molecule has 0 aromatic carbocycles. The molecule has 1 saturated heterocycles. The molecule has 0 saturated carbocycles. The van der Waals surface area contributed by atoms with Crippen molar-refractivity contribution >= 4 is 17.7 Å². The predicted molar refractivity (Wildman–Crippen MR) is 50.1 cm³/mol. The van der Waals surface area contributed by atoms with E-state index in [9.17, 15) is 9.59 Å². The third-order valence-electron chi connectivity index (χ3n) is 2.54. The summed E-state index contributed by atoms with van der Waals surface area (Å²) in [6, 6.07) is 0. The number of ether oxygens (including phenoxy) is 2. The van der Waals surface area contributed by atoms with E-state index >= 15 is 0 Å². The fourth-order valence-corrected chi connectivity index (χ4v) is 1.69. The van der Waals surface area contributed by atoms with Crippen molar-refractivity contribution < 1.29 is 19.1 Å². The molecule has 2 rings (SSSR count). The standard InChI is InChI=1S/C9H12N2O4/c1-2-14-7(12)6-5-9(11-10-6)3-4-15-8(9)13/h11H,2-5H2,1H3. The van der Waals surface area contributed by atoms with Gasteiger partial charge in [0.2, 0.25) is 0 Å². The Kier molecular flexibility index (Phi) is 2.34. The molecule has 0 aromatic heterocycles.